The first-order valence-electron chi connectivity index (χ1n) is 17.0. The van der Waals surface area contributed by atoms with Gasteiger partial charge in [-0.2, -0.15) is 0 Å². The molecule has 0 aromatic carbocycles. The van der Waals surface area contributed by atoms with Crippen molar-refractivity contribution in [2.24, 2.45) is 0 Å². The predicted molar refractivity (Wildman–Crippen MR) is 165 cm³/mol. The Morgan fingerprint density at radius 2 is 1.30 bits per heavy atom. The molecule has 0 aromatic rings. The first kappa shape index (κ1) is 37.5. The van der Waals surface area contributed by atoms with Crippen molar-refractivity contribution in [2.45, 2.75) is 206 Å². The Hall–Kier alpha value is -0.500. The Labute approximate surface area is 247 Å². The Morgan fingerprint density at radius 1 is 0.750 bits per heavy atom. The van der Waals surface area contributed by atoms with Gasteiger partial charge >= 0.3 is 0 Å². The third kappa shape index (κ3) is 15.7. The van der Waals surface area contributed by atoms with Crippen molar-refractivity contribution >= 4 is 0 Å². The van der Waals surface area contributed by atoms with Gasteiger partial charge in [0.25, 0.3) is 0 Å². The summed E-state index contributed by atoms with van der Waals surface area (Å²) in [5.41, 5.74) is 0. The molecule has 0 aromatic heterocycles. The van der Waals surface area contributed by atoms with Crippen LogP contribution in [0.1, 0.15) is 163 Å². The Bertz CT molecular complexity index is 609. The highest BCUT2D eigenvalue weighted by atomic mass is 16.7. The quantitative estimate of drug-likeness (QED) is 0.128. The molecule has 3 heterocycles. The molecule has 0 amide bonds. The minimum absolute atomic E-state index is 0.0786. The highest BCUT2D eigenvalue weighted by Gasteiger charge is 2.54. The van der Waals surface area contributed by atoms with Crippen LogP contribution in [-0.2, 0) is 14.2 Å². The Balaban J connectivity index is 0.00000122. The summed E-state index contributed by atoms with van der Waals surface area (Å²) in [6, 6.07) is 0. The molecule has 6 nitrogen and oxygen atoms in total. The molecule has 0 aliphatic carbocycles. The summed E-state index contributed by atoms with van der Waals surface area (Å²) in [5, 5.41) is 30.8. The van der Waals surface area contributed by atoms with Gasteiger partial charge in [0, 0.05) is 19.3 Å². The van der Waals surface area contributed by atoms with E-state index < -0.39 is 24.3 Å². The molecule has 0 saturated carbocycles. The molecule has 40 heavy (non-hydrogen) atoms. The van der Waals surface area contributed by atoms with Crippen LogP contribution in [0, 0.1) is 0 Å². The molecule has 0 radical (unpaired) electrons. The lowest BCUT2D eigenvalue weighted by Gasteiger charge is -2.41. The summed E-state index contributed by atoms with van der Waals surface area (Å²) in [7, 11) is 0. The number of rotatable bonds is 16. The Kier molecular flexibility index (Phi) is 21.6. The lowest BCUT2D eigenvalue weighted by atomic mass is 9.91. The van der Waals surface area contributed by atoms with Crippen LogP contribution in [0.3, 0.4) is 0 Å². The van der Waals surface area contributed by atoms with Gasteiger partial charge in [0.2, 0.25) is 0 Å². The largest absolute Gasteiger partial charge is 0.393 e. The minimum atomic E-state index is -0.836. The zero-order valence-electron chi connectivity index (χ0n) is 26.8. The monoisotopic (exact) mass is 570 g/mol. The number of aliphatic hydroxyl groups excluding tert-OH is 3. The van der Waals surface area contributed by atoms with Crippen LogP contribution in [0.4, 0.5) is 0 Å². The highest BCUT2D eigenvalue weighted by molar-refractivity contribution is 4.96. The van der Waals surface area contributed by atoms with E-state index in [4.69, 9.17) is 14.2 Å². The summed E-state index contributed by atoms with van der Waals surface area (Å²) >= 11 is 0. The average molecular weight is 571 g/mol. The topological polar surface area (TPSA) is 88.4 Å². The minimum Gasteiger partial charge on any atom is -0.393 e. The molecular weight excluding hydrogens is 504 g/mol. The summed E-state index contributed by atoms with van der Waals surface area (Å²) in [6.07, 6.45) is 23.3. The van der Waals surface area contributed by atoms with Crippen LogP contribution in [0.2, 0.25) is 0 Å². The van der Waals surface area contributed by atoms with Crippen LogP contribution in [0.25, 0.3) is 0 Å². The van der Waals surface area contributed by atoms with E-state index in [1.54, 1.807) is 0 Å². The summed E-state index contributed by atoms with van der Waals surface area (Å²) < 4.78 is 18.2. The van der Waals surface area contributed by atoms with Crippen LogP contribution < -0.4 is 0 Å². The molecular formula is C34H66O6. The molecule has 3 fully saturated rings. The van der Waals surface area contributed by atoms with Gasteiger partial charge in [-0.05, 0) is 39.5 Å². The number of fused-ring (bicyclic) bond motifs is 1. The third-order valence-corrected chi connectivity index (χ3v) is 8.30. The van der Waals surface area contributed by atoms with E-state index in [0.29, 0.717) is 32.1 Å². The highest BCUT2D eigenvalue weighted by Crippen LogP contribution is 2.45. The smallest absolute Gasteiger partial charge is 0.174 e. The number of hydrogen-bond donors (Lipinski definition) is 3. The third-order valence-electron chi connectivity index (χ3n) is 8.30. The number of allylic oxidation sites excluding steroid dienone is 2. The molecule has 3 N–H and O–H groups in total. The Morgan fingerprint density at radius 3 is 1.85 bits per heavy atom. The first-order valence-corrected chi connectivity index (χ1v) is 17.0. The lowest BCUT2D eigenvalue weighted by molar-refractivity contribution is -0.291. The second-order valence-corrected chi connectivity index (χ2v) is 11.9. The van der Waals surface area contributed by atoms with Crippen LogP contribution >= 0.6 is 0 Å². The fraction of sp³-hybridized carbons (Fsp3) is 0.941. The molecule has 6 heteroatoms. The average Bonchev–Trinajstić information content (AvgIpc) is 3.27. The number of hydrogen-bond acceptors (Lipinski definition) is 6. The van der Waals surface area contributed by atoms with E-state index >= 15 is 0 Å². The second kappa shape index (κ2) is 23.0. The fourth-order valence-corrected chi connectivity index (χ4v) is 6.11. The molecule has 1 spiro atoms. The normalized spacial score (nSPS) is 30.4. The van der Waals surface area contributed by atoms with Gasteiger partial charge in [-0.1, -0.05) is 116 Å². The second-order valence-electron chi connectivity index (χ2n) is 11.9. The van der Waals surface area contributed by atoms with E-state index in [-0.39, 0.29) is 18.3 Å². The molecule has 3 aliphatic rings. The van der Waals surface area contributed by atoms with E-state index in [0.717, 1.165) is 19.3 Å². The molecule has 3 aliphatic heterocycles. The molecule has 7 atom stereocenters. The van der Waals surface area contributed by atoms with E-state index in [2.05, 4.69) is 6.92 Å². The van der Waals surface area contributed by atoms with Gasteiger partial charge in [0.15, 0.2) is 12.1 Å². The standard InChI is InChI=1S/C28H52O6.C4H8.C2H6/c1-2-3-4-5-6-7-8-9-10-11-12-13-14-15-22(29)18-24-19-23(30)20-28(33-24)21-26-25(34-28)16-17-27(31)32-26;1-3-4-2;1-2/h22-27,29-31H,2-21H2,1H3;3-4H,1-2H3;1-2H3/b;4-3-;. The van der Waals surface area contributed by atoms with Crippen LogP contribution in [-0.4, -0.2) is 57.9 Å². The van der Waals surface area contributed by atoms with Crippen molar-refractivity contribution in [3.63, 3.8) is 0 Å². The van der Waals surface area contributed by atoms with Gasteiger partial charge in [-0.15, -0.1) is 0 Å². The van der Waals surface area contributed by atoms with Crippen molar-refractivity contribution < 1.29 is 29.5 Å². The maximum Gasteiger partial charge on any atom is 0.174 e. The zero-order chi connectivity index (χ0) is 29.6. The first-order chi connectivity index (χ1) is 19.4. The molecule has 3 rings (SSSR count). The number of aliphatic hydroxyl groups is 3. The van der Waals surface area contributed by atoms with Gasteiger partial charge in [0.05, 0.1) is 30.5 Å². The molecule has 3 saturated heterocycles. The lowest BCUT2D eigenvalue weighted by Crippen LogP contribution is -2.47. The van der Waals surface area contributed by atoms with Crippen molar-refractivity contribution in [1.29, 1.82) is 0 Å². The summed E-state index contributed by atoms with van der Waals surface area (Å²) in [6.45, 7) is 10.3. The van der Waals surface area contributed by atoms with Crippen molar-refractivity contribution in [3.05, 3.63) is 12.2 Å². The molecule has 7 unspecified atom stereocenters. The maximum atomic E-state index is 10.6. The van der Waals surface area contributed by atoms with E-state index in [1.807, 2.05) is 39.8 Å². The molecule has 238 valence electrons. The van der Waals surface area contributed by atoms with Crippen molar-refractivity contribution in [3.8, 4) is 0 Å². The van der Waals surface area contributed by atoms with Gasteiger partial charge < -0.3 is 29.5 Å². The molecule has 0 bridgehead atoms. The van der Waals surface area contributed by atoms with Crippen LogP contribution in [0.15, 0.2) is 12.2 Å². The van der Waals surface area contributed by atoms with Crippen molar-refractivity contribution in [2.75, 3.05) is 0 Å². The maximum absolute atomic E-state index is 10.6. The zero-order valence-corrected chi connectivity index (χ0v) is 26.8. The van der Waals surface area contributed by atoms with Gasteiger partial charge in [-0.25, -0.2) is 0 Å². The van der Waals surface area contributed by atoms with E-state index in [1.165, 1.54) is 77.0 Å². The van der Waals surface area contributed by atoms with Gasteiger partial charge in [0.1, 0.15) is 0 Å². The van der Waals surface area contributed by atoms with Crippen molar-refractivity contribution in [1.82, 2.24) is 0 Å². The number of ether oxygens (including phenoxy) is 3. The summed E-state index contributed by atoms with van der Waals surface area (Å²) in [5.74, 6) is -0.836. The summed E-state index contributed by atoms with van der Waals surface area (Å²) in [4.78, 5) is 0. The predicted octanol–water partition coefficient (Wildman–Crippen LogP) is 8.35. The van der Waals surface area contributed by atoms with E-state index in [9.17, 15) is 15.3 Å². The fourth-order valence-electron chi connectivity index (χ4n) is 6.11. The van der Waals surface area contributed by atoms with Crippen LogP contribution in [0.5, 0.6) is 0 Å². The number of unbranched alkanes of at least 4 members (excludes halogenated alkanes) is 12. The SMILES string of the molecule is C/C=C\C.CC.CCCCCCCCCCCCCCCC(O)CC1CC(O)CC2(CC3OC(O)CCC3O2)O1. The van der Waals surface area contributed by atoms with Gasteiger partial charge in [-0.3, -0.25) is 0 Å².